The molecule has 1 atom stereocenters. The SMILES string of the molecule is CC(C)C1(CS(=O)C(C)(C)C)COC1. The van der Waals surface area contributed by atoms with Crippen molar-refractivity contribution in [3.05, 3.63) is 0 Å². The minimum atomic E-state index is -0.756. The lowest BCUT2D eigenvalue weighted by atomic mass is 9.77. The van der Waals surface area contributed by atoms with Crippen molar-refractivity contribution in [3.8, 4) is 0 Å². The Labute approximate surface area is 89.9 Å². The van der Waals surface area contributed by atoms with Gasteiger partial charge in [0.05, 0.1) is 13.2 Å². The number of ether oxygens (including phenoxy) is 1. The Balaban J connectivity index is 2.62. The molecule has 1 rings (SSSR count). The van der Waals surface area contributed by atoms with E-state index in [0.29, 0.717) is 5.92 Å². The van der Waals surface area contributed by atoms with Crippen molar-refractivity contribution >= 4 is 10.8 Å². The molecule has 2 nitrogen and oxygen atoms in total. The molecule has 1 saturated heterocycles. The van der Waals surface area contributed by atoms with Gasteiger partial charge in [0, 0.05) is 26.7 Å². The van der Waals surface area contributed by atoms with Crippen LogP contribution in [0.15, 0.2) is 0 Å². The van der Waals surface area contributed by atoms with Crippen LogP contribution in [0.3, 0.4) is 0 Å². The lowest BCUT2D eigenvalue weighted by molar-refractivity contribution is -0.124. The van der Waals surface area contributed by atoms with Crippen LogP contribution in [0.25, 0.3) is 0 Å². The van der Waals surface area contributed by atoms with Crippen molar-refractivity contribution in [2.45, 2.75) is 39.4 Å². The van der Waals surface area contributed by atoms with E-state index in [1.54, 1.807) is 0 Å². The zero-order valence-corrected chi connectivity index (χ0v) is 10.7. The van der Waals surface area contributed by atoms with Crippen molar-refractivity contribution in [1.82, 2.24) is 0 Å². The van der Waals surface area contributed by atoms with E-state index < -0.39 is 10.8 Å². The van der Waals surface area contributed by atoms with Gasteiger partial charge in [0.15, 0.2) is 0 Å². The van der Waals surface area contributed by atoms with Gasteiger partial charge in [0.1, 0.15) is 0 Å². The van der Waals surface area contributed by atoms with Gasteiger partial charge in [-0.15, -0.1) is 0 Å². The average molecular weight is 218 g/mol. The fourth-order valence-electron chi connectivity index (χ4n) is 1.43. The molecule has 0 aliphatic carbocycles. The van der Waals surface area contributed by atoms with Gasteiger partial charge < -0.3 is 4.74 Å². The van der Waals surface area contributed by atoms with Gasteiger partial charge in [-0.05, 0) is 26.7 Å². The minimum Gasteiger partial charge on any atom is -0.380 e. The number of hydrogen-bond donors (Lipinski definition) is 0. The first-order valence-corrected chi connectivity index (χ1v) is 6.56. The van der Waals surface area contributed by atoms with E-state index in [0.717, 1.165) is 19.0 Å². The van der Waals surface area contributed by atoms with E-state index in [-0.39, 0.29) is 10.2 Å². The number of hydrogen-bond acceptors (Lipinski definition) is 2. The van der Waals surface area contributed by atoms with E-state index in [9.17, 15) is 4.21 Å². The predicted molar refractivity (Wildman–Crippen MR) is 60.9 cm³/mol. The van der Waals surface area contributed by atoms with Gasteiger partial charge >= 0.3 is 0 Å². The second-order valence-electron chi connectivity index (χ2n) is 5.61. The molecule has 1 aliphatic rings. The molecule has 0 aromatic heterocycles. The van der Waals surface area contributed by atoms with Crippen LogP contribution in [0.2, 0.25) is 0 Å². The third-order valence-corrected chi connectivity index (χ3v) is 5.31. The van der Waals surface area contributed by atoms with Crippen molar-refractivity contribution < 1.29 is 8.95 Å². The Hall–Kier alpha value is 0.110. The lowest BCUT2D eigenvalue weighted by Crippen LogP contribution is -2.52. The first-order valence-electron chi connectivity index (χ1n) is 5.24. The highest BCUT2D eigenvalue weighted by Crippen LogP contribution is 2.37. The molecule has 3 heteroatoms. The highest BCUT2D eigenvalue weighted by molar-refractivity contribution is 7.86. The van der Waals surface area contributed by atoms with Crippen molar-refractivity contribution in [2.75, 3.05) is 19.0 Å². The van der Waals surface area contributed by atoms with E-state index in [1.165, 1.54) is 0 Å². The topological polar surface area (TPSA) is 26.3 Å². The van der Waals surface area contributed by atoms with E-state index in [4.69, 9.17) is 4.74 Å². The summed E-state index contributed by atoms with van der Waals surface area (Å²) in [5.41, 5.74) is 0.179. The molecule has 1 fully saturated rings. The molecule has 1 unspecified atom stereocenters. The zero-order chi connectivity index (χ0) is 11.0. The standard InChI is InChI=1S/C11H22O2S/c1-9(2)11(6-13-7-11)8-14(12)10(3,4)5/h9H,6-8H2,1-5H3. The lowest BCUT2D eigenvalue weighted by Gasteiger charge is -2.45. The normalized spacial score (nSPS) is 23.3. The van der Waals surface area contributed by atoms with Crippen LogP contribution in [0.1, 0.15) is 34.6 Å². The predicted octanol–water partition coefficient (Wildman–Crippen LogP) is 2.21. The summed E-state index contributed by atoms with van der Waals surface area (Å²) in [6, 6.07) is 0. The van der Waals surface area contributed by atoms with Gasteiger partial charge in [-0.1, -0.05) is 13.8 Å². The Morgan fingerprint density at radius 3 is 2.07 bits per heavy atom. The molecule has 1 heterocycles. The average Bonchev–Trinajstić information content (AvgIpc) is 1.93. The van der Waals surface area contributed by atoms with Crippen LogP contribution in [0.5, 0.6) is 0 Å². The fraction of sp³-hybridized carbons (Fsp3) is 1.00. The molecule has 1 aliphatic heterocycles. The molecule has 0 N–H and O–H groups in total. The summed E-state index contributed by atoms with van der Waals surface area (Å²) < 4.78 is 17.2. The molecule has 0 amide bonds. The third-order valence-electron chi connectivity index (χ3n) is 3.11. The van der Waals surface area contributed by atoms with E-state index in [1.807, 2.05) is 20.8 Å². The van der Waals surface area contributed by atoms with Crippen molar-refractivity contribution in [2.24, 2.45) is 11.3 Å². The summed E-state index contributed by atoms with van der Waals surface area (Å²) in [7, 11) is -0.756. The highest BCUT2D eigenvalue weighted by Gasteiger charge is 2.44. The molecule has 0 aromatic carbocycles. The summed E-state index contributed by atoms with van der Waals surface area (Å²) in [5.74, 6) is 1.34. The van der Waals surface area contributed by atoms with Gasteiger partial charge in [-0.3, -0.25) is 4.21 Å². The summed E-state index contributed by atoms with van der Waals surface area (Å²) >= 11 is 0. The minimum absolute atomic E-state index is 0.0997. The first kappa shape index (κ1) is 12.2. The molecule has 14 heavy (non-hydrogen) atoms. The van der Waals surface area contributed by atoms with Gasteiger partial charge in [-0.2, -0.15) is 0 Å². The third kappa shape index (κ3) is 2.37. The second kappa shape index (κ2) is 3.93. The fourth-order valence-corrected chi connectivity index (χ4v) is 2.88. The van der Waals surface area contributed by atoms with Crippen LogP contribution >= 0.6 is 0 Å². The molecule has 0 saturated carbocycles. The van der Waals surface area contributed by atoms with Gasteiger partial charge in [-0.25, -0.2) is 0 Å². The molecular formula is C11H22O2S. The molecule has 0 radical (unpaired) electrons. The molecule has 0 spiro atoms. The van der Waals surface area contributed by atoms with Crippen LogP contribution in [0.4, 0.5) is 0 Å². The van der Waals surface area contributed by atoms with Crippen LogP contribution in [-0.4, -0.2) is 27.9 Å². The molecule has 0 aromatic rings. The Kier molecular flexibility index (Phi) is 3.42. The summed E-state index contributed by atoms with van der Waals surface area (Å²) in [5, 5.41) is 0. The summed E-state index contributed by atoms with van der Waals surface area (Å²) in [6.07, 6.45) is 0. The van der Waals surface area contributed by atoms with Crippen LogP contribution in [-0.2, 0) is 15.5 Å². The molecule has 84 valence electrons. The highest BCUT2D eigenvalue weighted by atomic mass is 32.2. The zero-order valence-electron chi connectivity index (χ0n) is 9.92. The largest absolute Gasteiger partial charge is 0.380 e. The van der Waals surface area contributed by atoms with E-state index in [2.05, 4.69) is 13.8 Å². The smallest absolute Gasteiger partial charge is 0.0556 e. The Morgan fingerprint density at radius 2 is 1.86 bits per heavy atom. The first-order chi connectivity index (χ1) is 6.28. The summed E-state index contributed by atoms with van der Waals surface area (Å²) in [6.45, 7) is 12.1. The van der Waals surface area contributed by atoms with Crippen LogP contribution in [0, 0.1) is 11.3 Å². The van der Waals surface area contributed by atoms with Crippen molar-refractivity contribution in [3.63, 3.8) is 0 Å². The monoisotopic (exact) mass is 218 g/mol. The van der Waals surface area contributed by atoms with Crippen molar-refractivity contribution in [1.29, 1.82) is 0 Å². The van der Waals surface area contributed by atoms with Gasteiger partial charge in [0.25, 0.3) is 0 Å². The maximum Gasteiger partial charge on any atom is 0.0556 e. The quantitative estimate of drug-likeness (QED) is 0.726. The molecular weight excluding hydrogens is 196 g/mol. The Bertz CT molecular complexity index is 224. The van der Waals surface area contributed by atoms with Gasteiger partial charge in [0.2, 0.25) is 0 Å². The van der Waals surface area contributed by atoms with Crippen LogP contribution < -0.4 is 0 Å². The molecule has 0 bridgehead atoms. The second-order valence-corrected chi connectivity index (χ2v) is 7.82. The number of rotatable bonds is 3. The van der Waals surface area contributed by atoms with E-state index >= 15 is 0 Å². The maximum absolute atomic E-state index is 12.0. The summed E-state index contributed by atoms with van der Waals surface area (Å²) in [4.78, 5) is 0. The Morgan fingerprint density at radius 1 is 1.36 bits per heavy atom. The maximum atomic E-state index is 12.0.